The predicted molar refractivity (Wildman–Crippen MR) is 125 cm³/mol. The topological polar surface area (TPSA) is 90.1 Å². The van der Waals surface area contributed by atoms with Crippen molar-refractivity contribution in [2.24, 2.45) is 16.8 Å². The number of guanidine groups is 1. The van der Waals surface area contributed by atoms with E-state index in [1.54, 1.807) is 0 Å². The molecule has 0 radical (unpaired) electrons. The number of piperazine rings is 1. The van der Waals surface area contributed by atoms with Crippen LogP contribution in [0.25, 0.3) is 0 Å². The molecular formula is C23H41N7O2. The first-order valence-electron chi connectivity index (χ1n) is 12.0. The van der Waals surface area contributed by atoms with Crippen LogP contribution in [0.1, 0.15) is 59.7 Å². The van der Waals surface area contributed by atoms with Gasteiger partial charge in [0.2, 0.25) is 11.8 Å². The van der Waals surface area contributed by atoms with Gasteiger partial charge in [0.1, 0.15) is 6.54 Å². The highest BCUT2D eigenvalue weighted by Crippen LogP contribution is 2.21. The molecule has 0 aromatic carbocycles. The second kappa shape index (κ2) is 10.6. The summed E-state index contributed by atoms with van der Waals surface area (Å²) in [6, 6.07) is 0. The first-order chi connectivity index (χ1) is 15.2. The Kier molecular flexibility index (Phi) is 8.14. The fourth-order valence-electron chi connectivity index (χ4n) is 4.47. The van der Waals surface area contributed by atoms with Gasteiger partial charge in [-0.1, -0.05) is 39.8 Å². The second-order valence-electron chi connectivity index (χ2n) is 10.4. The Balaban J connectivity index is 1.51. The van der Waals surface area contributed by atoms with Crippen molar-refractivity contribution in [1.29, 1.82) is 0 Å². The van der Waals surface area contributed by atoms with Crippen LogP contribution in [-0.4, -0.2) is 89.1 Å². The normalized spacial score (nSPS) is 23.5. The third kappa shape index (κ3) is 6.67. The van der Waals surface area contributed by atoms with Crippen LogP contribution in [0.15, 0.2) is 9.52 Å². The van der Waals surface area contributed by atoms with Crippen molar-refractivity contribution in [2.75, 3.05) is 52.4 Å². The lowest BCUT2D eigenvalue weighted by Gasteiger charge is -2.39. The van der Waals surface area contributed by atoms with Crippen molar-refractivity contribution in [3.8, 4) is 0 Å². The number of hydrogen-bond acceptors (Lipinski definition) is 6. The van der Waals surface area contributed by atoms with Crippen molar-refractivity contribution >= 4 is 11.9 Å². The first kappa shape index (κ1) is 24.5. The van der Waals surface area contributed by atoms with Gasteiger partial charge in [0.05, 0.1) is 6.54 Å². The van der Waals surface area contributed by atoms with Gasteiger partial charge in [-0.25, -0.2) is 4.99 Å². The molecule has 0 aliphatic carbocycles. The van der Waals surface area contributed by atoms with Crippen LogP contribution in [0.2, 0.25) is 0 Å². The number of piperidine rings is 1. The van der Waals surface area contributed by atoms with Crippen LogP contribution >= 0.6 is 0 Å². The molecule has 3 rings (SSSR count). The number of likely N-dealkylation sites (tertiary alicyclic amines) is 1. The number of rotatable bonds is 5. The van der Waals surface area contributed by atoms with E-state index in [-0.39, 0.29) is 11.3 Å². The van der Waals surface area contributed by atoms with E-state index in [4.69, 9.17) is 9.52 Å². The highest BCUT2D eigenvalue weighted by Gasteiger charge is 2.28. The van der Waals surface area contributed by atoms with Gasteiger partial charge in [0.15, 0.2) is 11.8 Å². The summed E-state index contributed by atoms with van der Waals surface area (Å²) in [5, 5.41) is 7.44. The minimum absolute atomic E-state index is 0.169. The molecule has 32 heavy (non-hydrogen) atoms. The van der Waals surface area contributed by atoms with E-state index in [1.807, 2.05) is 20.8 Å². The Labute approximate surface area is 192 Å². The molecule has 2 aliphatic rings. The molecule has 3 heterocycles. The van der Waals surface area contributed by atoms with E-state index in [0.717, 1.165) is 51.8 Å². The zero-order valence-corrected chi connectivity index (χ0v) is 20.7. The molecule has 9 heteroatoms. The van der Waals surface area contributed by atoms with Crippen molar-refractivity contribution in [3.63, 3.8) is 0 Å². The van der Waals surface area contributed by atoms with E-state index in [9.17, 15) is 4.79 Å². The number of amides is 1. The number of nitrogens with zero attached hydrogens (tertiary/aromatic N) is 6. The Bertz CT molecular complexity index is 768. The molecule has 2 saturated heterocycles. The number of hydrogen-bond donors (Lipinski definition) is 1. The second-order valence-corrected chi connectivity index (χ2v) is 10.4. The Morgan fingerprint density at radius 3 is 2.34 bits per heavy atom. The molecule has 1 aromatic rings. The lowest BCUT2D eigenvalue weighted by atomic mass is 9.92. The number of carbonyl (C=O) groups excluding carboxylic acids is 1. The average molecular weight is 448 g/mol. The standard InChI is InChI=1S/C23H41N7O2/c1-7-24-22(25-13-19-26-21(32-27-19)23(4,5)6)29-10-8-28(9-11-29)16-20(31)30-14-17(2)12-18(3)15-30/h17-18H,7-16H2,1-6H3,(H,24,25). The molecule has 0 spiro atoms. The maximum atomic E-state index is 12.8. The summed E-state index contributed by atoms with van der Waals surface area (Å²) < 4.78 is 5.37. The minimum Gasteiger partial charge on any atom is -0.357 e. The zero-order chi connectivity index (χ0) is 23.3. The third-order valence-electron chi connectivity index (χ3n) is 6.07. The van der Waals surface area contributed by atoms with Gasteiger partial charge in [-0.15, -0.1) is 0 Å². The molecule has 1 N–H and O–H groups in total. The van der Waals surface area contributed by atoms with Gasteiger partial charge in [0.25, 0.3) is 0 Å². The van der Waals surface area contributed by atoms with E-state index in [1.165, 1.54) is 6.42 Å². The predicted octanol–water partition coefficient (Wildman–Crippen LogP) is 1.95. The Morgan fingerprint density at radius 1 is 1.12 bits per heavy atom. The summed E-state index contributed by atoms with van der Waals surface area (Å²) in [7, 11) is 0. The zero-order valence-electron chi connectivity index (χ0n) is 20.7. The first-order valence-corrected chi connectivity index (χ1v) is 12.0. The van der Waals surface area contributed by atoms with Gasteiger partial charge >= 0.3 is 0 Å². The quantitative estimate of drug-likeness (QED) is 0.545. The van der Waals surface area contributed by atoms with Gasteiger partial charge in [-0.3, -0.25) is 9.69 Å². The van der Waals surface area contributed by atoms with Crippen LogP contribution in [-0.2, 0) is 16.8 Å². The lowest BCUT2D eigenvalue weighted by molar-refractivity contribution is -0.135. The molecular weight excluding hydrogens is 406 g/mol. The van der Waals surface area contributed by atoms with Crippen LogP contribution in [0.3, 0.4) is 0 Å². The van der Waals surface area contributed by atoms with Crippen LogP contribution < -0.4 is 5.32 Å². The summed E-state index contributed by atoms with van der Waals surface area (Å²) in [4.78, 5) is 28.6. The van der Waals surface area contributed by atoms with Gasteiger partial charge < -0.3 is 19.6 Å². The Morgan fingerprint density at radius 2 is 1.78 bits per heavy atom. The molecule has 0 bridgehead atoms. The van der Waals surface area contributed by atoms with E-state index in [0.29, 0.717) is 36.6 Å². The minimum atomic E-state index is -0.169. The molecule has 1 amide bonds. The van der Waals surface area contributed by atoms with Crippen molar-refractivity contribution < 1.29 is 9.32 Å². The van der Waals surface area contributed by atoms with Gasteiger partial charge in [-0.05, 0) is 25.2 Å². The van der Waals surface area contributed by atoms with Crippen LogP contribution in [0, 0.1) is 11.8 Å². The summed E-state index contributed by atoms with van der Waals surface area (Å²) >= 11 is 0. The lowest BCUT2D eigenvalue weighted by Crippen LogP contribution is -2.55. The maximum absolute atomic E-state index is 12.8. The molecule has 0 saturated carbocycles. The van der Waals surface area contributed by atoms with Crippen molar-refractivity contribution in [2.45, 2.75) is 59.9 Å². The molecule has 2 fully saturated rings. The smallest absolute Gasteiger partial charge is 0.236 e. The van der Waals surface area contributed by atoms with E-state index < -0.39 is 0 Å². The highest BCUT2D eigenvalue weighted by molar-refractivity contribution is 5.80. The SMILES string of the molecule is CCNC(=NCc1noc(C(C)(C)C)n1)N1CCN(CC(=O)N2CC(C)CC(C)C2)CC1. The number of aromatic nitrogens is 2. The number of carbonyl (C=O) groups is 1. The Hall–Kier alpha value is -2.16. The fourth-order valence-corrected chi connectivity index (χ4v) is 4.47. The summed E-state index contributed by atoms with van der Waals surface area (Å²) in [5.41, 5.74) is -0.169. The monoisotopic (exact) mass is 447 g/mol. The van der Waals surface area contributed by atoms with Crippen molar-refractivity contribution in [3.05, 3.63) is 11.7 Å². The van der Waals surface area contributed by atoms with Crippen LogP contribution in [0.5, 0.6) is 0 Å². The van der Waals surface area contributed by atoms with E-state index in [2.05, 4.69) is 50.9 Å². The fraction of sp³-hybridized carbons (Fsp3) is 0.826. The molecule has 2 unspecified atom stereocenters. The average Bonchev–Trinajstić information content (AvgIpc) is 3.21. The van der Waals surface area contributed by atoms with E-state index >= 15 is 0 Å². The summed E-state index contributed by atoms with van der Waals surface area (Å²) in [6.45, 7) is 19.6. The van der Waals surface area contributed by atoms with Crippen LogP contribution in [0.4, 0.5) is 0 Å². The molecule has 2 atom stereocenters. The maximum Gasteiger partial charge on any atom is 0.236 e. The molecule has 180 valence electrons. The molecule has 9 nitrogen and oxygen atoms in total. The summed E-state index contributed by atoms with van der Waals surface area (Å²) in [6.07, 6.45) is 1.22. The summed E-state index contributed by atoms with van der Waals surface area (Å²) in [5.74, 6) is 3.54. The van der Waals surface area contributed by atoms with Gasteiger partial charge in [-0.2, -0.15) is 4.98 Å². The number of nitrogens with one attached hydrogen (secondary N) is 1. The third-order valence-corrected chi connectivity index (χ3v) is 6.07. The highest BCUT2D eigenvalue weighted by atomic mass is 16.5. The van der Waals surface area contributed by atoms with Crippen molar-refractivity contribution in [1.82, 2.24) is 30.2 Å². The molecule has 1 aromatic heterocycles. The largest absolute Gasteiger partial charge is 0.357 e. The molecule has 2 aliphatic heterocycles. The number of aliphatic imine (C=N–C) groups is 1. The van der Waals surface area contributed by atoms with Gasteiger partial charge in [0, 0.05) is 51.2 Å².